The maximum absolute atomic E-state index is 12.9. The Morgan fingerprint density at radius 3 is 2.20 bits per heavy atom. The molecule has 2 aliphatic rings. The van der Waals surface area contributed by atoms with Gasteiger partial charge in [-0.1, -0.05) is 19.1 Å². The molecule has 0 spiro atoms. The number of halogens is 3. The first-order valence-electron chi connectivity index (χ1n) is 15.8. The van der Waals surface area contributed by atoms with Gasteiger partial charge in [-0.25, -0.2) is 0 Å². The first-order chi connectivity index (χ1) is 21.9. The summed E-state index contributed by atoms with van der Waals surface area (Å²) in [4.78, 5) is 28.9. The topological polar surface area (TPSA) is 124 Å². The summed E-state index contributed by atoms with van der Waals surface area (Å²) in [5.74, 6) is -0.502. The number of piperidine rings is 2. The molecule has 46 heavy (non-hydrogen) atoms. The summed E-state index contributed by atoms with van der Waals surface area (Å²) in [5.41, 5.74) is 2.23. The van der Waals surface area contributed by atoms with E-state index in [-0.39, 0.29) is 34.6 Å². The second kappa shape index (κ2) is 14.1. The summed E-state index contributed by atoms with van der Waals surface area (Å²) in [6, 6.07) is 10.1. The third-order valence-electron chi connectivity index (χ3n) is 9.14. The molecule has 0 atom stereocenters. The quantitative estimate of drug-likeness (QED) is 0.309. The maximum atomic E-state index is 12.9. The Morgan fingerprint density at radius 2 is 1.59 bits per heavy atom. The zero-order chi connectivity index (χ0) is 33.0. The van der Waals surface area contributed by atoms with Gasteiger partial charge in [-0.2, -0.15) is 13.2 Å². The van der Waals surface area contributed by atoms with Gasteiger partial charge >= 0.3 is 6.18 Å². The number of aromatic nitrogens is 3. The molecule has 2 fully saturated rings. The minimum Gasteiger partial charge on any atom is -0.508 e. The predicted molar refractivity (Wildman–Crippen MR) is 166 cm³/mol. The van der Waals surface area contributed by atoms with Gasteiger partial charge in [0.1, 0.15) is 18.0 Å². The molecule has 2 aromatic carbocycles. The van der Waals surface area contributed by atoms with Crippen molar-refractivity contribution in [3.8, 4) is 28.6 Å². The Labute approximate surface area is 266 Å². The molecule has 2 amide bonds. The van der Waals surface area contributed by atoms with Gasteiger partial charge < -0.3 is 25.3 Å². The van der Waals surface area contributed by atoms with E-state index in [0.29, 0.717) is 29.5 Å². The van der Waals surface area contributed by atoms with Gasteiger partial charge in [0.2, 0.25) is 11.7 Å². The van der Waals surface area contributed by atoms with Crippen LogP contribution in [0.5, 0.6) is 11.5 Å². The fraction of sp³-hybridized carbons (Fsp3) is 0.515. The standard InChI is InChI=1S/C33H41F3N6O4/c1-3-25-17-27(29(45)18-28(25)44)30-38-39-31(32(46)37-20-33(34,35)36)42(30)26-6-4-22(5-7-26)16-23-8-12-40(13-9-23)19-24-10-14-41(15-11-24)21(2)43/h4-7,17-18,23-24,44-45H,3,8-16,19-20H2,1-2H3,(H,37,46). The lowest BCUT2D eigenvalue weighted by atomic mass is 9.89. The highest BCUT2D eigenvalue weighted by Crippen LogP contribution is 2.36. The van der Waals surface area contributed by atoms with E-state index in [1.807, 2.05) is 29.3 Å². The fourth-order valence-corrected chi connectivity index (χ4v) is 6.48. The van der Waals surface area contributed by atoms with Gasteiger partial charge in [-0.3, -0.25) is 14.2 Å². The minimum atomic E-state index is -4.61. The van der Waals surface area contributed by atoms with Crippen molar-refractivity contribution in [3.05, 3.63) is 53.3 Å². The molecular formula is C33H41F3N6O4. The normalized spacial score (nSPS) is 16.9. The Balaban J connectivity index is 1.28. The zero-order valence-electron chi connectivity index (χ0n) is 26.2. The highest BCUT2D eigenvalue weighted by atomic mass is 19.4. The summed E-state index contributed by atoms with van der Waals surface area (Å²) < 4.78 is 39.9. The average Bonchev–Trinajstić information content (AvgIpc) is 3.46. The monoisotopic (exact) mass is 642 g/mol. The van der Waals surface area contributed by atoms with E-state index in [9.17, 15) is 33.0 Å². The third-order valence-corrected chi connectivity index (χ3v) is 9.14. The van der Waals surface area contributed by atoms with Crippen LogP contribution in [0.2, 0.25) is 0 Å². The van der Waals surface area contributed by atoms with Crippen molar-refractivity contribution in [3.63, 3.8) is 0 Å². The molecule has 248 valence electrons. The van der Waals surface area contributed by atoms with Crippen molar-refractivity contribution >= 4 is 11.8 Å². The molecule has 0 unspecified atom stereocenters. The summed E-state index contributed by atoms with van der Waals surface area (Å²) >= 11 is 0. The van der Waals surface area contributed by atoms with Gasteiger partial charge in [0.05, 0.1) is 5.56 Å². The molecule has 3 N–H and O–H groups in total. The first kappa shape index (κ1) is 33.2. The molecule has 0 aliphatic carbocycles. The number of aromatic hydroxyl groups is 2. The lowest BCUT2D eigenvalue weighted by Gasteiger charge is -2.37. The van der Waals surface area contributed by atoms with Gasteiger partial charge in [0, 0.05) is 38.3 Å². The van der Waals surface area contributed by atoms with E-state index in [0.717, 1.165) is 70.4 Å². The van der Waals surface area contributed by atoms with Crippen LogP contribution in [0.4, 0.5) is 13.2 Å². The van der Waals surface area contributed by atoms with Crippen LogP contribution in [0, 0.1) is 11.8 Å². The molecule has 2 aliphatic heterocycles. The Kier molecular flexibility index (Phi) is 10.2. The molecule has 3 aromatic rings. The van der Waals surface area contributed by atoms with E-state index in [1.165, 1.54) is 16.7 Å². The number of hydrogen-bond donors (Lipinski definition) is 3. The van der Waals surface area contributed by atoms with E-state index in [4.69, 9.17) is 0 Å². The number of nitrogens with zero attached hydrogens (tertiary/aromatic N) is 5. The number of benzene rings is 2. The Bertz CT molecular complexity index is 1530. The van der Waals surface area contributed by atoms with E-state index < -0.39 is 18.6 Å². The van der Waals surface area contributed by atoms with E-state index in [2.05, 4.69) is 15.1 Å². The van der Waals surface area contributed by atoms with Crippen LogP contribution in [0.25, 0.3) is 17.1 Å². The van der Waals surface area contributed by atoms with Crippen molar-refractivity contribution in [2.45, 2.75) is 58.5 Å². The average molecular weight is 643 g/mol. The molecule has 0 saturated carbocycles. The molecule has 13 heteroatoms. The highest BCUT2D eigenvalue weighted by Gasteiger charge is 2.31. The number of aryl methyl sites for hydroxylation is 1. The van der Waals surface area contributed by atoms with Crippen molar-refractivity contribution < 1.29 is 33.0 Å². The zero-order valence-corrected chi connectivity index (χ0v) is 26.2. The van der Waals surface area contributed by atoms with E-state index in [1.54, 1.807) is 19.1 Å². The summed E-state index contributed by atoms with van der Waals surface area (Å²) in [7, 11) is 0. The molecule has 0 bridgehead atoms. The largest absolute Gasteiger partial charge is 0.508 e. The summed E-state index contributed by atoms with van der Waals surface area (Å²) in [6.07, 6.45) is 0.966. The number of nitrogens with one attached hydrogen (secondary N) is 1. The van der Waals surface area contributed by atoms with Crippen LogP contribution in [0.3, 0.4) is 0 Å². The fourth-order valence-electron chi connectivity index (χ4n) is 6.48. The first-order valence-corrected chi connectivity index (χ1v) is 15.8. The number of rotatable bonds is 9. The number of amides is 2. The molecule has 1 aromatic heterocycles. The smallest absolute Gasteiger partial charge is 0.405 e. The molecule has 0 radical (unpaired) electrons. The lowest BCUT2D eigenvalue weighted by molar-refractivity contribution is -0.130. The van der Waals surface area contributed by atoms with Gasteiger partial charge in [-0.15, -0.1) is 10.2 Å². The van der Waals surface area contributed by atoms with Crippen LogP contribution in [-0.4, -0.2) is 92.0 Å². The summed E-state index contributed by atoms with van der Waals surface area (Å²) in [6.45, 7) is 6.75. The minimum absolute atomic E-state index is 0.0523. The third kappa shape index (κ3) is 7.98. The number of hydrogen-bond acceptors (Lipinski definition) is 7. The number of carbonyl (C=O) groups is 2. The molecule has 2 saturated heterocycles. The molecule has 10 nitrogen and oxygen atoms in total. The maximum Gasteiger partial charge on any atom is 0.405 e. The van der Waals surface area contributed by atoms with Crippen molar-refractivity contribution in [1.29, 1.82) is 0 Å². The van der Waals surface area contributed by atoms with Crippen LogP contribution < -0.4 is 5.32 Å². The summed E-state index contributed by atoms with van der Waals surface area (Å²) in [5, 5.41) is 30.7. The van der Waals surface area contributed by atoms with Crippen LogP contribution in [0.1, 0.15) is 61.3 Å². The lowest BCUT2D eigenvalue weighted by Crippen LogP contribution is -2.42. The van der Waals surface area contributed by atoms with Gasteiger partial charge in [-0.05, 0) is 92.8 Å². The van der Waals surface area contributed by atoms with E-state index >= 15 is 0 Å². The number of phenols is 2. The van der Waals surface area contributed by atoms with Crippen LogP contribution in [-0.2, 0) is 17.6 Å². The van der Waals surface area contributed by atoms with Gasteiger partial charge in [0.15, 0.2) is 5.82 Å². The number of likely N-dealkylation sites (tertiary alicyclic amines) is 2. The number of alkyl halides is 3. The Hall–Kier alpha value is -4.13. The van der Waals surface area contributed by atoms with Crippen molar-refractivity contribution in [1.82, 2.24) is 29.9 Å². The second-order valence-corrected chi connectivity index (χ2v) is 12.4. The highest BCUT2D eigenvalue weighted by molar-refractivity contribution is 5.92. The van der Waals surface area contributed by atoms with Crippen LogP contribution in [0.15, 0.2) is 36.4 Å². The second-order valence-electron chi connectivity index (χ2n) is 12.4. The molecular weight excluding hydrogens is 601 g/mol. The number of phenolic OH excluding ortho intramolecular Hbond substituents is 2. The SMILES string of the molecule is CCc1cc(-c2nnc(C(=O)NCC(F)(F)F)n2-c2ccc(CC3CCN(CC4CCN(C(C)=O)CC4)CC3)cc2)c(O)cc1O. The number of carbonyl (C=O) groups excluding carboxylic acids is 2. The van der Waals surface area contributed by atoms with Crippen molar-refractivity contribution in [2.75, 3.05) is 39.3 Å². The van der Waals surface area contributed by atoms with Crippen LogP contribution >= 0.6 is 0 Å². The molecule has 5 rings (SSSR count). The van der Waals surface area contributed by atoms with Crippen molar-refractivity contribution in [2.24, 2.45) is 11.8 Å². The predicted octanol–water partition coefficient (Wildman–Crippen LogP) is 4.71. The molecule has 3 heterocycles. The van der Waals surface area contributed by atoms with Gasteiger partial charge in [0.25, 0.3) is 5.91 Å². The Morgan fingerprint density at radius 1 is 0.935 bits per heavy atom.